The van der Waals surface area contributed by atoms with Crippen molar-refractivity contribution in [3.63, 3.8) is 0 Å². The van der Waals surface area contributed by atoms with Crippen molar-refractivity contribution in [2.24, 2.45) is 7.05 Å². The highest BCUT2D eigenvalue weighted by Crippen LogP contribution is 2.32. The SMILES string of the molecule is Cn1ccc(CNC(=O)c2cccc(C(F)(F)F)c2F)n1. The Balaban J connectivity index is 2.16. The molecule has 0 atom stereocenters. The highest BCUT2D eigenvalue weighted by Gasteiger charge is 2.35. The normalized spacial score (nSPS) is 11.5. The monoisotopic (exact) mass is 301 g/mol. The van der Waals surface area contributed by atoms with E-state index in [1.807, 2.05) is 0 Å². The van der Waals surface area contributed by atoms with Crippen LogP contribution in [-0.2, 0) is 19.8 Å². The third-order valence-electron chi connectivity index (χ3n) is 2.75. The average molecular weight is 301 g/mol. The second-order valence-corrected chi connectivity index (χ2v) is 4.33. The summed E-state index contributed by atoms with van der Waals surface area (Å²) in [5.41, 5.74) is -1.60. The zero-order valence-corrected chi connectivity index (χ0v) is 10.9. The van der Waals surface area contributed by atoms with Crippen molar-refractivity contribution in [2.75, 3.05) is 0 Å². The lowest BCUT2D eigenvalue weighted by atomic mass is 10.1. The highest BCUT2D eigenvalue weighted by molar-refractivity contribution is 5.94. The summed E-state index contributed by atoms with van der Waals surface area (Å²) in [6, 6.07) is 4.20. The van der Waals surface area contributed by atoms with Crippen LogP contribution in [0.3, 0.4) is 0 Å². The maximum atomic E-state index is 13.7. The molecular formula is C13H11F4N3O. The lowest BCUT2D eigenvalue weighted by Gasteiger charge is -2.11. The van der Waals surface area contributed by atoms with Crippen LogP contribution in [0.15, 0.2) is 30.5 Å². The van der Waals surface area contributed by atoms with Gasteiger partial charge in [-0.1, -0.05) is 6.07 Å². The maximum absolute atomic E-state index is 13.7. The van der Waals surface area contributed by atoms with E-state index < -0.39 is 29.0 Å². The zero-order chi connectivity index (χ0) is 15.6. The van der Waals surface area contributed by atoms with Crippen molar-refractivity contribution in [2.45, 2.75) is 12.7 Å². The van der Waals surface area contributed by atoms with Crippen molar-refractivity contribution in [3.8, 4) is 0 Å². The molecule has 0 spiro atoms. The summed E-state index contributed by atoms with van der Waals surface area (Å²) in [5.74, 6) is -2.51. The average Bonchev–Trinajstić information content (AvgIpc) is 2.80. The fourth-order valence-corrected chi connectivity index (χ4v) is 1.75. The number of alkyl halides is 3. The van der Waals surface area contributed by atoms with E-state index in [0.29, 0.717) is 11.8 Å². The number of carbonyl (C=O) groups excluding carboxylic acids is 1. The minimum absolute atomic E-state index is 0.00460. The second-order valence-electron chi connectivity index (χ2n) is 4.33. The molecule has 0 radical (unpaired) electrons. The molecule has 0 bridgehead atoms. The molecule has 1 amide bonds. The standard InChI is InChI=1S/C13H11F4N3O/c1-20-6-5-8(19-20)7-18-12(21)9-3-2-4-10(11(9)14)13(15,16)17/h2-6H,7H2,1H3,(H,18,21). The van der Waals surface area contributed by atoms with Gasteiger partial charge in [-0.25, -0.2) is 4.39 Å². The second kappa shape index (κ2) is 5.55. The fourth-order valence-electron chi connectivity index (χ4n) is 1.75. The van der Waals surface area contributed by atoms with Crippen LogP contribution in [0, 0.1) is 5.82 Å². The van der Waals surface area contributed by atoms with Gasteiger partial charge in [0.2, 0.25) is 0 Å². The van der Waals surface area contributed by atoms with Gasteiger partial charge in [0.15, 0.2) is 0 Å². The first-order chi connectivity index (χ1) is 9.79. The van der Waals surface area contributed by atoms with Gasteiger partial charge in [0.25, 0.3) is 5.91 Å². The van der Waals surface area contributed by atoms with E-state index in [4.69, 9.17) is 0 Å². The van der Waals surface area contributed by atoms with Crippen molar-refractivity contribution < 1.29 is 22.4 Å². The summed E-state index contributed by atoms with van der Waals surface area (Å²) in [4.78, 5) is 11.8. The van der Waals surface area contributed by atoms with Crippen LogP contribution >= 0.6 is 0 Å². The summed E-state index contributed by atoms with van der Waals surface area (Å²) in [6.07, 6.45) is -3.20. The Labute approximate surface area is 117 Å². The van der Waals surface area contributed by atoms with Crippen LogP contribution in [0.1, 0.15) is 21.6 Å². The lowest BCUT2D eigenvalue weighted by molar-refractivity contribution is -0.140. The largest absolute Gasteiger partial charge is 0.419 e. The third kappa shape index (κ3) is 3.39. The fraction of sp³-hybridized carbons (Fsp3) is 0.231. The molecule has 2 aromatic rings. The minimum atomic E-state index is -4.85. The molecule has 0 fully saturated rings. The van der Waals surface area contributed by atoms with Gasteiger partial charge in [0, 0.05) is 13.2 Å². The first-order valence-electron chi connectivity index (χ1n) is 5.91. The molecule has 0 saturated heterocycles. The van der Waals surface area contributed by atoms with Gasteiger partial charge in [-0.2, -0.15) is 18.3 Å². The summed E-state index contributed by atoms with van der Waals surface area (Å²) < 4.78 is 52.9. The molecular weight excluding hydrogens is 290 g/mol. The zero-order valence-electron chi connectivity index (χ0n) is 10.9. The predicted octanol–water partition coefficient (Wildman–Crippen LogP) is 2.51. The Bertz CT molecular complexity index is 664. The Morgan fingerprint density at radius 2 is 2.05 bits per heavy atom. The highest BCUT2D eigenvalue weighted by atomic mass is 19.4. The molecule has 1 N–H and O–H groups in total. The van der Waals surface area contributed by atoms with Crippen molar-refractivity contribution >= 4 is 5.91 Å². The molecule has 4 nitrogen and oxygen atoms in total. The van der Waals surface area contributed by atoms with Gasteiger partial charge in [0.1, 0.15) is 5.82 Å². The van der Waals surface area contributed by atoms with Gasteiger partial charge in [-0.3, -0.25) is 9.48 Å². The molecule has 0 aliphatic heterocycles. The van der Waals surface area contributed by atoms with Crippen LogP contribution < -0.4 is 5.32 Å². The van der Waals surface area contributed by atoms with Gasteiger partial charge in [-0.15, -0.1) is 0 Å². The summed E-state index contributed by atoms with van der Waals surface area (Å²) in [6.45, 7) is -0.00460. The van der Waals surface area contributed by atoms with Crippen LogP contribution in [-0.4, -0.2) is 15.7 Å². The van der Waals surface area contributed by atoms with Crippen LogP contribution in [0.5, 0.6) is 0 Å². The Kier molecular flexibility index (Phi) is 3.97. The van der Waals surface area contributed by atoms with Crippen molar-refractivity contribution in [3.05, 3.63) is 53.1 Å². The number of aryl methyl sites for hydroxylation is 1. The van der Waals surface area contributed by atoms with Gasteiger partial charge < -0.3 is 5.32 Å². The molecule has 1 aromatic carbocycles. The lowest BCUT2D eigenvalue weighted by Crippen LogP contribution is -2.25. The number of nitrogens with zero attached hydrogens (tertiary/aromatic N) is 2. The molecule has 1 aromatic heterocycles. The first-order valence-corrected chi connectivity index (χ1v) is 5.91. The van der Waals surface area contributed by atoms with Gasteiger partial charge in [0.05, 0.1) is 23.4 Å². The smallest absolute Gasteiger partial charge is 0.346 e. The molecule has 0 aliphatic carbocycles. The molecule has 2 rings (SSSR count). The number of halogens is 4. The van der Waals surface area contributed by atoms with E-state index in [1.165, 1.54) is 4.68 Å². The number of amides is 1. The summed E-state index contributed by atoms with van der Waals surface area (Å²) in [7, 11) is 1.68. The van der Waals surface area contributed by atoms with E-state index in [2.05, 4.69) is 10.4 Å². The quantitative estimate of drug-likeness (QED) is 0.886. The van der Waals surface area contributed by atoms with E-state index in [0.717, 1.165) is 12.1 Å². The number of hydrogen-bond acceptors (Lipinski definition) is 2. The maximum Gasteiger partial charge on any atom is 0.419 e. The number of aromatic nitrogens is 2. The van der Waals surface area contributed by atoms with Gasteiger partial charge >= 0.3 is 6.18 Å². The van der Waals surface area contributed by atoms with Gasteiger partial charge in [-0.05, 0) is 18.2 Å². The first kappa shape index (κ1) is 15.0. The Morgan fingerprint density at radius 1 is 1.33 bits per heavy atom. The van der Waals surface area contributed by atoms with Crippen LogP contribution in [0.2, 0.25) is 0 Å². The van der Waals surface area contributed by atoms with E-state index in [1.54, 1.807) is 19.3 Å². The van der Waals surface area contributed by atoms with Crippen molar-refractivity contribution in [1.29, 1.82) is 0 Å². The minimum Gasteiger partial charge on any atom is -0.346 e. The van der Waals surface area contributed by atoms with E-state index in [-0.39, 0.29) is 6.54 Å². The summed E-state index contributed by atoms with van der Waals surface area (Å²) in [5, 5.41) is 6.31. The van der Waals surface area contributed by atoms with Crippen LogP contribution in [0.4, 0.5) is 17.6 Å². The Morgan fingerprint density at radius 3 is 2.62 bits per heavy atom. The summed E-state index contributed by atoms with van der Waals surface area (Å²) >= 11 is 0. The molecule has 0 saturated carbocycles. The topological polar surface area (TPSA) is 46.9 Å². The molecule has 21 heavy (non-hydrogen) atoms. The predicted molar refractivity (Wildman–Crippen MR) is 65.8 cm³/mol. The molecule has 112 valence electrons. The number of hydrogen-bond donors (Lipinski definition) is 1. The molecule has 0 unspecified atom stereocenters. The van der Waals surface area contributed by atoms with E-state index >= 15 is 0 Å². The molecule has 8 heteroatoms. The third-order valence-corrected chi connectivity index (χ3v) is 2.75. The van der Waals surface area contributed by atoms with E-state index in [9.17, 15) is 22.4 Å². The van der Waals surface area contributed by atoms with Crippen LogP contribution in [0.25, 0.3) is 0 Å². The Hall–Kier alpha value is -2.38. The number of benzene rings is 1. The number of rotatable bonds is 3. The molecule has 0 aliphatic rings. The number of nitrogens with one attached hydrogen (secondary N) is 1. The molecule has 1 heterocycles. The van der Waals surface area contributed by atoms with Crippen molar-refractivity contribution in [1.82, 2.24) is 15.1 Å². The number of carbonyl (C=O) groups is 1.